The number of hydrogen-bond donors (Lipinski definition) is 1. The SMILES string of the molecule is CCOC(=O)C(Nc1ccc2c(ccn2-c2nccc(N3CCN(C(=O)OC(C)(C)C)CC3)n2)c1)S(=O)(=O)c1cc(Cl)cc(Cl)c1. The van der Waals surface area contributed by atoms with Gasteiger partial charge in [-0.3, -0.25) is 4.57 Å². The Bertz CT molecular complexity index is 1850. The average molecular weight is 690 g/mol. The Morgan fingerprint density at radius 2 is 1.70 bits per heavy atom. The summed E-state index contributed by atoms with van der Waals surface area (Å²) >= 11 is 12.1. The van der Waals surface area contributed by atoms with Crippen LogP contribution in [0.25, 0.3) is 16.9 Å². The van der Waals surface area contributed by atoms with Crippen molar-refractivity contribution in [1.82, 2.24) is 19.4 Å². The van der Waals surface area contributed by atoms with E-state index in [-0.39, 0.29) is 27.6 Å². The molecule has 1 aliphatic rings. The summed E-state index contributed by atoms with van der Waals surface area (Å²) in [6, 6.07) is 12.7. The van der Waals surface area contributed by atoms with E-state index in [1.165, 1.54) is 18.2 Å². The van der Waals surface area contributed by atoms with Gasteiger partial charge in [0.25, 0.3) is 0 Å². The summed E-state index contributed by atoms with van der Waals surface area (Å²) in [6.07, 6.45) is 3.15. The van der Waals surface area contributed by atoms with Crippen molar-refractivity contribution in [1.29, 1.82) is 0 Å². The number of sulfone groups is 1. The van der Waals surface area contributed by atoms with E-state index in [9.17, 15) is 18.0 Å². The highest BCUT2D eigenvalue weighted by Gasteiger charge is 2.36. The molecule has 0 bridgehead atoms. The minimum atomic E-state index is -4.30. The molecular weight excluding hydrogens is 655 g/mol. The summed E-state index contributed by atoms with van der Waals surface area (Å²) in [5.41, 5.74) is 0.574. The van der Waals surface area contributed by atoms with Crippen LogP contribution < -0.4 is 10.2 Å². The fourth-order valence-corrected chi connectivity index (χ4v) is 7.07. The van der Waals surface area contributed by atoms with Gasteiger partial charge in [0.2, 0.25) is 21.2 Å². The lowest BCUT2D eigenvalue weighted by Crippen LogP contribution is -2.50. The van der Waals surface area contributed by atoms with Crippen LogP contribution in [-0.4, -0.2) is 83.7 Å². The van der Waals surface area contributed by atoms with E-state index in [0.29, 0.717) is 37.8 Å². The standard InChI is InChI=1S/C31H34Cl2N6O6S/c1-5-44-28(40)27(46(42,43)24-18-21(32)17-22(33)19-24)35-23-6-7-25-20(16-23)9-11-39(25)29-34-10-8-26(36-29)37-12-14-38(15-13-37)30(41)45-31(2,3)4/h6-11,16-19,27,35H,5,12-15H2,1-4H3. The van der Waals surface area contributed by atoms with Crippen molar-refractivity contribution >= 4 is 67.5 Å². The molecule has 0 aliphatic carbocycles. The van der Waals surface area contributed by atoms with Crippen LogP contribution in [0.3, 0.4) is 0 Å². The lowest BCUT2D eigenvalue weighted by atomic mass is 10.2. The van der Waals surface area contributed by atoms with Gasteiger partial charge in [0.15, 0.2) is 0 Å². The third-order valence-corrected chi connectivity index (χ3v) is 9.32. The maximum atomic E-state index is 13.5. The number of benzene rings is 2. The minimum Gasteiger partial charge on any atom is -0.464 e. The second kappa shape index (κ2) is 13.3. The average Bonchev–Trinajstić information content (AvgIpc) is 3.42. The van der Waals surface area contributed by atoms with Crippen molar-refractivity contribution in [2.45, 2.75) is 43.6 Å². The van der Waals surface area contributed by atoms with Crippen molar-refractivity contribution in [2.24, 2.45) is 0 Å². The molecule has 1 N–H and O–H groups in total. The van der Waals surface area contributed by atoms with Gasteiger partial charge in [-0.25, -0.2) is 23.0 Å². The molecule has 2 aromatic heterocycles. The maximum absolute atomic E-state index is 13.5. The van der Waals surface area contributed by atoms with E-state index in [1.54, 1.807) is 36.2 Å². The van der Waals surface area contributed by atoms with E-state index in [1.807, 2.05) is 43.7 Å². The molecule has 3 heterocycles. The molecule has 46 heavy (non-hydrogen) atoms. The van der Waals surface area contributed by atoms with Crippen molar-refractivity contribution in [3.63, 3.8) is 0 Å². The zero-order valence-corrected chi connectivity index (χ0v) is 28.1. The number of esters is 1. The largest absolute Gasteiger partial charge is 0.464 e. The molecule has 2 aromatic carbocycles. The molecule has 0 radical (unpaired) electrons. The number of anilines is 2. The molecule has 4 aromatic rings. The predicted octanol–water partition coefficient (Wildman–Crippen LogP) is 5.56. The molecule has 1 aliphatic heterocycles. The number of hydrogen-bond acceptors (Lipinski definition) is 10. The van der Waals surface area contributed by atoms with Crippen molar-refractivity contribution < 1.29 is 27.5 Å². The number of piperazine rings is 1. The van der Waals surface area contributed by atoms with Crippen LogP contribution in [-0.2, 0) is 24.1 Å². The molecule has 15 heteroatoms. The number of rotatable bonds is 8. The number of nitrogens with one attached hydrogen (secondary N) is 1. The lowest BCUT2D eigenvalue weighted by Gasteiger charge is -2.36. The van der Waals surface area contributed by atoms with E-state index >= 15 is 0 Å². The van der Waals surface area contributed by atoms with Gasteiger partial charge in [-0.1, -0.05) is 23.2 Å². The molecule has 1 fully saturated rings. The van der Waals surface area contributed by atoms with E-state index < -0.39 is 26.8 Å². The molecular formula is C31H34Cl2N6O6S. The van der Waals surface area contributed by atoms with E-state index in [2.05, 4.69) is 15.2 Å². The van der Waals surface area contributed by atoms with Crippen LogP contribution >= 0.6 is 23.2 Å². The second-order valence-corrected chi connectivity index (χ2v) is 14.5. The molecule has 0 spiro atoms. The normalized spacial score (nSPS) is 14.7. The van der Waals surface area contributed by atoms with Crippen molar-refractivity contribution in [3.05, 3.63) is 71.0 Å². The maximum Gasteiger partial charge on any atom is 0.410 e. The third kappa shape index (κ3) is 7.48. The number of amides is 1. The van der Waals surface area contributed by atoms with Gasteiger partial charge in [0.05, 0.1) is 17.0 Å². The van der Waals surface area contributed by atoms with Crippen LogP contribution in [0, 0.1) is 0 Å². The van der Waals surface area contributed by atoms with Crippen LogP contribution in [0.4, 0.5) is 16.3 Å². The smallest absolute Gasteiger partial charge is 0.410 e. The first-order valence-corrected chi connectivity index (χ1v) is 16.9. The Kier molecular flexibility index (Phi) is 9.66. The number of fused-ring (bicyclic) bond motifs is 1. The summed E-state index contributed by atoms with van der Waals surface area (Å²) in [6.45, 7) is 9.29. The summed E-state index contributed by atoms with van der Waals surface area (Å²) in [5.74, 6) is 0.193. The highest BCUT2D eigenvalue weighted by molar-refractivity contribution is 7.93. The summed E-state index contributed by atoms with van der Waals surface area (Å²) in [7, 11) is -4.30. The summed E-state index contributed by atoms with van der Waals surface area (Å²) in [5, 5.41) is 2.05. The number of nitrogens with zero attached hydrogens (tertiary/aromatic N) is 5. The molecule has 1 amide bonds. The molecule has 1 atom stereocenters. The lowest BCUT2D eigenvalue weighted by molar-refractivity contribution is -0.142. The number of aromatic nitrogens is 3. The molecule has 1 unspecified atom stereocenters. The Balaban J connectivity index is 1.36. The first kappa shape index (κ1) is 33.3. The predicted molar refractivity (Wildman–Crippen MR) is 177 cm³/mol. The Morgan fingerprint density at radius 3 is 2.35 bits per heavy atom. The first-order valence-electron chi connectivity index (χ1n) is 14.6. The third-order valence-electron chi connectivity index (χ3n) is 7.06. The van der Waals surface area contributed by atoms with Gasteiger partial charge in [0, 0.05) is 59.7 Å². The quantitative estimate of drug-likeness (QED) is 0.234. The van der Waals surface area contributed by atoms with E-state index in [4.69, 9.17) is 37.7 Å². The highest BCUT2D eigenvalue weighted by atomic mass is 35.5. The van der Waals surface area contributed by atoms with Gasteiger partial charge < -0.3 is 24.6 Å². The summed E-state index contributed by atoms with van der Waals surface area (Å²) in [4.78, 5) is 38.1. The van der Waals surface area contributed by atoms with Gasteiger partial charge in [0.1, 0.15) is 11.4 Å². The number of halogens is 2. The fourth-order valence-electron chi connectivity index (χ4n) is 4.94. The Morgan fingerprint density at radius 1 is 1.00 bits per heavy atom. The molecule has 1 saturated heterocycles. The van der Waals surface area contributed by atoms with Gasteiger partial charge in [-0.05, 0) is 76.2 Å². The van der Waals surface area contributed by atoms with Crippen LogP contribution in [0.2, 0.25) is 10.0 Å². The topological polar surface area (TPSA) is 136 Å². The highest BCUT2D eigenvalue weighted by Crippen LogP contribution is 2.29. The molecule has 0 saturated carbocycles. The zero-order valence-electron chi connectivity index (χ0n) is 25.7. The number of carbonyl (C=O) groups is 2. The van der Waals surface area contributed by atoms with Crippen molar-refractivity contribution in [2.75, 3.05) is 43.0 Å². The van der Waals surface area contributed by atoms with Gasteiger partial charge in [-0.2, -0.15) is 4.98 Å². The second-order valence-electron chi connectivity index (χ2n) is 11.6. The zero-order chi connectivity index (χ0) is 33.2. The van der Waals surface area contributed by atoms with Crippen LogP contribution in [0.1, 0.15) is 27.7 Å². The molecule has 244 valence electrons. The summed E-state index contributed by atoms with van der Waals surface area (Å²) < 4.78 is 39.5. The monoisotopic (exact) mass is 688 g/mol. The van der Waals surface area contributed by atoms with Crippen molar-refractivity contribution in [3.8, 4) is 5.95 Å². The van der Waals surface area contributed by atoms with Gasteiger partial charge >= 0.3 is 12.1 Å². The fraction of sp³-hybridized carbons (Fsp3) is 0.355. The number of ether oxygens (including phenoxy) is 2. The minimum absolute atomic E-state index is 0.0107. The van der Waals surface area contributed by atoms with Gasteiger partial charge in [-0.15, -0.1) is 0 Å². The van der Waals surface area contributed by atoms with Crippen LogP contribution in [0.5, 0.6) is 0 Å². The Labute approximate surface area is 277 Å². The van der Waals surface area contributed by atoms with Crippen LogP contribution in [0.15, 0.2) is 65.8 Å². The number of carbonyl (C=O) groups excluding carboxylic acids is 2. The van der Waals surface area contributed by atoms with E-state index in [0.717, 1.165) is 16.7 Å². The molecule has 5 rings (SSSR count). The Hall–Kier alpha value is -4.07. The first-order chi connectivity index (χ1) is 21.7. The molecule has 12 nitrogen and oxygen atoms in total.